The lowest BCUT2D eigenvalue weighted by molar-refractivity contribution is 0.0293. The Kier molecular flexibility index (Phi) is 10.1. The third kappa shape index (κ3) is 10.9. The van der Waals surface area contributed by atoms with E-state index in [1.165, 1.54) is 0 Å². The highest BCUT2D eigenvalue weighted by Crippen LogP contribution is 2.08. The Morgan fingerprint density at radius 1 is 1.00 bits per heavy atom. The fourth-order valence-electron chi connectivity index (χ4n) is 2.70. The summed E-state index contributed by atoms with van der Waals surface area (Å²) in [7, 11) is 0. The molecule has 0 aliphatic heterocycles. The molecule has 0 aliphatic carbocycles. The molecule has 0 aromatic heterocycles. The third-order valence-corrected chi connectivity index (χ3v) is 3.73. The Balaban J connectivity index is 2.69. The molecule has 0 saturated heterocycles. The molecule has 0 heterocycles. The van der Waals surface area contributed by atoms with Gasteiger partial charge in [-0.2, -0.15) is 0 Å². The van der Waals surface area contributed by atoms with E-state index in [0.717, 1.165) is 0 Å². The molecule has 164 valence electrons. The second-order valence-electron chi connectivity index (χ2n) is 9.04. The lowest BCUT2D eigenvalue weighted by Crippen LogP contribution is -2.52. The Morgan fingerprint density at radius 3 is 2.10 bits per heavy atom. The van der Waals surface area contributed by atoms with Gasteiger partial charge in [-0.3, -0.25) is 15.2 Å². The molecule has 0 saturated carbocycles. The molecule has 7 heteroatoms. The van der Waals surface area contributed by atoms with Crippen LogP contribution in [-0.2, 0) is 4.74 Å². The fraction of sp³-hybridized carbons (Fsp3) is 0.636. The molecular weight excluding hydrogens is 368 g/mol. The molecule has 0 radical (unpaired) electrons. The summed E-state index contributed by atoms with van der Waals surface area (Å²) in [6.45, 7) is 16.1. The first-order valence-electron chi connectivity index (χ1n) is 10.3. The zero-order valence-electron chi connectivity index (χ0n) is 19.0. The summed E-state index contributed by atoms with van der Waals surface area (Å²) in [5.74, 6) is 0.624. The van der Waals surface area contributed by atoms with Gasteiger partial charge in [-0.05, 0) is 44.7 Å². The van der Waals surface area contributed by atoms with Crippen LogP contribution in [0.5, 0.6) is 0 Å². The molecule has 0 unspecified atom stereocenters. The van der Waals surface area contributed by atoms with E-state index in [1.807, 2.05) is 56.1 Å². The summed E-state index contributed by atoms with van der Waals surface area (Å²) in [6, 6.07) is 9.23. The van der Waals surface area contributed by atoms with Gasteiger partial charge in [0.2, 0.25) is 0 Å². The molecule has 1 rings (SSSR count). The molecule has 7 nitrogen and oxygen atoms in total. The normalized spacial score (nSPS) is 11.8. The van der Waals surface area contributed by atoms with E-state index in [1.54, 1.807) is 5.01 Å². The van der Waals surface area contributed by atoms with Crippen LogP contribution in [0, 0.1) is 11.8 Å². The van der Waals surface area contributed by atoms with Crippen molar-refractivity contribution in [3.63, 3.8) is 0 Å². The van der Waals surface area contributed by atoms with Gasteiger partial charge in [0.1, 0.15) is 5.60 Å². The molecule has 1 aromatic rings. The summed E-state index contributed by atoms with van der Waals surface area (Å²) in [5.41, 5.74) is 6.13. The fourth-order valence-corrected chi connectivity index (χ4v) is 2.70. The summed E-state index contributed by atoms with van der Waals surface area (Å²) >= 11 is 0. The summed E-state index contributed by atoms with van der Waals surface area (Å²) in [6.07, 6.45) is -0.474. The standard InChI is InChI=1S/C22H38N4O3/c1-17(2)15-25(24-21(28)29-22(5,6)7)14-13-23-26(16-18(3)4)20(27)19-11-9-8-10-12-19/h8-12,17-18,23H,13-16H2,1-7H3,(H,24,28). The van der Waals surface area contributed by atoms with Crippen LogP contribution in [0.1, 0.15) is 58.8 Å². The predicted octanol–water partition coefficient (Wildman–Crippen LogP) is 3.69. The molecule has 2 amide bonds. The maximum Gasteiger partial charge on any atom is 0.422 e. The molecular formula is C22H38N4O3. The number of nitrogens with one attached hydrogen (secondary N) is 2. The molecule has 0 fully saturated rings. The van der Waals surface area contributed by atoms with E-state index < -0.39 is 11.7 Å². The highest BCUT2D eigenvalue weighted by atomic mass is 16.6. The Hall–Kier alpha value is -2.12. The van der Waals surface area contributed by atoms with Crippen molar-refractivity contribution >= 4 is 12.0 Å². The van der Waals surface area contributed by atoms with E-state index in [2.05, 4.69) is 38.5 Å². The van der Waals surface area contributed by atoms with E-state index in [-0.39, 0.29) is 5.91 Å². The summed E-state index contributed by atoms with van der Waals surface area (Å²) in [5, 5.41) is 3.48. The number of hydrogen-bond donors (Lipinski definition) is 2. The van der Waals surface area contributed by atoms with Gasteiger partial charge in [0.05, 0.1) is 0 Å². The first kappa shape index (κ1) is 24.9. The second kappa shape index (κ2) is 11.8. The minimum atomic E-state index is -0.554. The third-order valence-electron chi connectivity index (χ3n) is 3.73. The number of benzene rings is 1. The molecule has 0 spiro atoms. The van der Waals surface area contributed by atoms with Crippen LogP contribution in [0.2, 0.25) is 0 Å². The lowest BCUT2D eigenvalue weighted by atomic mass is 10.2. The first-order valence-corrected chi connectivity index (χ1v) is 10.3. The maximum absolute atomic E-state index is 12.8. The number of hydrogen-bond acceptors (Lipinski definition) is 5. The van der Waals surface area contributed by atoms with Crippen LogP contribution >= 0.6 is 0 Å². The van der Waals surface area contributed by atoms with E-state index in [4.69, 9.17) is 4.74 Å². The van der Waals surface area contributed by atoms with Crippen molar-refractivity contribution in [1.82, 2.24) is 20.9 Å². The summed E-state index contributed by atoms with van der Waals surface area (Å²) < 4.78 is 5.35. The number of nitrogens with zero attached hydrogens (tertiary/aromatic N) is 2. The highest BCUT2D eigenvalue weighted by molar-refractivity contribution is 5.93. The number of carbonyl (C=O) groups is 2. The van der Waals surface area contributed by atoms with Gasteiger partial charge in [-0.1, -0.05) is 45.9 Å². The first-order chi connectivity index (χ1) is 13.5. The number of rotatable bonds is 10. The van der Waals surface area contributed by atoms with Crippen LogP contribution in [-0.4, -0.2) is 53.8 Å². The predicted molar refractivity (Wildman–Crippen MR) is 116 cm³/mol. The Labute approximate surface area is 175 Å². The largest absolute Gasteiger partial charge is 0.443 e. The maximum atomic E-state index is 12.8. The second-order valence-corrected chi connectivity index (χ2v) is 9.04. The number of carbonyl (C=O) groups excluding carboxylic acids is 2. The number of amides is 2. The van der Waals surface area contributed by atoms with Gasteiger partial charge in [0, 0.05) is 31.7 Å². The Bertz CT molecular complexity index is 627. The zero-order valence-corrected chi connectivity index (χ0v) is 19.0. The van der Waals surface area contributed by atoms with Crippen molar-refractivity contribution in [2.45, 2.75) is 54.1 Å². The minimum absolute atomic E-state index is 0.0604. The topological polar surface area (TPSA) is 73.9 Å². The van der Waals surface area contributed by atoms with Gasteiger partial charge in [0.15, 0.2) is 0 Å². The number of hydrazine groups is 2. The average molecular weight is 407 g/mol. The van der Waals surface area contributed by atoms with Gasteiger partial charge < -0.3 is 4.74 Å². The monoisotopic (exact) mass is 406 g/mol. The van der Waals surface area contributed by atoms with E-state index >= 15 is 0 Å². The van der Waals surface area contributed by atoms with Gasteiger partial charge in [0.25, 0.3) is 5.91 Å². The van der Waals surface area contributed by atoms with Gasteiger partial charge >= 0.3 is 6.09 Å². The van der Waals surface area contributed by atoms with Crippen LogP contribution in [0.25, 0.3) is 0 Å². The SMILES string of the molecule is CC(C)CN(CCNN(CC(C)C)C(=O)c1ccccc1)NC(=O)OC(C)(C)C. The lowest BCUT2D eigenvalue weighted by Gasteiger charge is -2.29. The smallest absolute Gasteiger partial charge is 0.422 e. The van der Waals surface area contributed by atoms with E-state index in [9.17, 15) is 9.59 Å². The molecule has 0 bridgehead atoms. The quantitative estimate of drug-likeness (QED) is 0.580. The van der Waals surface area contributed by atoms with Crippen LogP contribution in [0.3, 0.4) is 0 Å². The van der Waals surface area contributed by atoms with Gasteiger partial charge in [-0.15, -0.1) is 0 Å². The van der Waals surface area contributed by atoms with Crippen molar-refractivity contribution in [2.75, 3.05) is 26.2 Å². The van der Waals surface area contributed by atoms with Crippen LogP contribution in [0.4, 0.5) is 4.79 Å². The van der Waals surface area contributed by atoms with Crippen molar-refractivity contribution in [3.8, 4) is 0 Å². The van der Waals surface area contributed by atoms with E-state index in [0.29, 0.717) is 43.6 Å². The number of ether oxygens (including phenoxy) is 1. The van der Waals surface area contributed by atoms with Crippen molar-refractivity contribution in [1.29, 1.82) is 0 Å². The van der Waals surface area contributed by atoms with Crippen molar-refractivity contribution in [3.05, 3.63) is 35.9 Å². The Morgan fingerprint density at radius 2 is 1.59 bits per heavy atom. The summed E-state index contributed by atoms with van der Waals surface area (Å²) in [4.78, 5) is 25.0. The van der Waals surface area contributed by atoms with Crippen molar-refractivity contribution < 1.29 is 14.3 Å². The molecule has 0 atom stereocenters. The average Bonchev–Trinajstić information content (AvgIpc) is 2.58. The van der Waals surface area contributed by atoms with Gasteiger partial charge in [-0.25, -0.2) is 15.2 Å². The molecule has 2 N–H and O–H groups in total. The molecule has 0 aliphatic rings. The highest BCUT2D eigenvalue weighted by Gasteiger charge is 2.20. The zero-order chi connectivity index (χ0) is 22.0. The molecule has 1 aromatic carbocycles. The van der Waals surface area contributed by atoms with Crippen molar-refractivity contribution in [2.24, 2.45) is 11.8 Å². The van der Waals surface area contributed by atoms with Crippen LogP contribution in [0.15, 0.2) is 30.3 Å². The molecule has 29 heavy (non-hydrogen) atoms. The van der Waals surface area contributed by atoms with Crippen LogP contribution < -0.4 is 10.9 Å². The minimum Gasteiger partial charge on any atom is -0.443 e.